The highest BCUT2D eigenvalue weighted by molar-refractivity contribution is 9.10. The van der Waals surface area contributed by atoms with Crippen LogP contribution in [0, 0.1) is 0 Å². The Kier molecular flexibility index (Phi) is 5.65. The van der Waals surface area contributed by atoms with Gasteiger partial charge in [-0.25, -0.2) is 8.42 Å². The average Bonchev–Trinajstić information content (AvgIpc) is 2.48. The first-order valence-electron chi connectivity index (χ1n) is 7.12. The standard InChI is InChI=1S/C14H21BrN2O3S/c1-2-8-20-12-4-3-7-17(10-12)21(18,19)14-9-11(15)5-6-13(14)16/h5-6,9,12H,2-4,7-8,10,16H2,1H3. The molecule has 1 aliphatic rings. The predicted octanol–water partition coefficient (Wildman–Crippen LogP) is 2.61. The van der Waals surface area contributed by atoms with E-state index in [1.165, 1.54) is 4.31 Å². The summed E-state index contributed by atoms with van der Waals surface area (Å²) < 4.78 is 33.4. The Hall–Kier alpha value is -0.630. The predicted molar refractivity (Wildman–Crippen MR) is 86.6 cm³/mol. The Balaban J connectivity index is 2.20. The maximum atomic E-state index is 12.7. The van der Waals surface area contributed by atoms with Crippen molar-refractivity contribution in [1.29, 1.82) is 0 Å². The molecule has 7 heteroatoms. The van der Waals surface area contributed by atoms with Crippen LogP contribution in [0.3, 0.4) is 0 Å². The number of piperidine rings is 1. The second-order valence-electron chi connectivity index (χ2n) is 5.18. The van der Waals surface area contributed by atoms with Crippen molar-refractivity contribution in [1.82, 2.24) is 4.31 Å². The number of rotatable bonds is 5. The minimum atomic E-state index is -3.57. The van der Waals surface area contributed by atoms with Crippen molar-refractivity contribution in [3.05, 3.63) is 22.7 Å². The van der Waals surface area contributed by atoms with Crippen LogP contribution in [0.15, 0.2) is 27.6 Å². The van der Waals surface area contributed by atoms with E-state index in [0.717, 1.165) is 19.3 Å². The van der Waals surface area contributed by atoms with E-state index in [0.29, 0.717) is 24.2 Å². The molecule has 0 bridgehead atoms. The maximum absolute atomic E-state index is 12.7. The zero-order chi connectivity index (χ0) is 15.5. The van der Waals surface area contributed by atoms with Gasteiger partial charge < -0.3 is 10.5 Å². The molecular weight excluding hydrogens is 356 g/mol. The number of nitrogens with zero attached hydrogens (tertiary/aromatic N) is 1. The first-order chi connectivity index (χ1) is 9.95. The topological polar surface area (TPSA) is 72.6 Å². The molecule has 118 valence electrons. The molecule has 1 aromatic rings. The lowest BCUT2D eigenvalue weighted by molar-refractivity contribution is 0.0193. The summed E-state index contributed by atoms with van der Waals surface area (Å²) in [6.45, 7) is 3.62. The molecule has 0 aliphatic carbocycles. The number of sulfonamides is 1. The third-order valence-electron chi connectivity index (χ3n) is 3.49. The van der Waals surface area contributed by atoms with Crippen molar-refractivity contribution in [3.8, 4) is 0 Å². The minimum absolute atomic E-state index is 0.0261. The number of nitrogens with two attached hydrogens (primary N) is 1. The van der Waals surface area contributed by atoms with E-state index < -0.39 is 10.0 Å². The first kappa shape index (κ1) is 16.7. The molecule has 2 rings (SSSR count). The van der Waals surface area contributed by atoms with Gasteiger partial charge in [-0.1, -0.05) is 22.9 Å². The van der Waals surface area contributed by atoms with Crippen molar-refractivity contribution >= 4 is 31.6 Å². The highest BCUT2D eigenvalue weighted by atomic mass is 79.9. The van der Waals surface area contributed by atoms with Crippen LogP contribution in [0.5, 0.6) is 0 Å². The van der Waals surface area contributed by atoms with Crippen LogP contribution < -0.4 is 5.73 Å². The minimum Gasteiger partial charge on any atom is -0.398 e. The first-order valence-corrected chi connectivity index (χ1v) is 9.35. The smallest absolute Gasteiger partial charge is 0.245 e. The van der Waals surface area contributed by atoms with E-state index in [4.69, 9.17) is 10.5 Å². The lowest BCUT2D eigenvalue weighted by Gasteiger charge is -2.32. The van der Waals surface area contributed by atoms with E-state index in [1.807, 2.05) is 6.92 Å². The van der Waals surface area contributed by atoms with Crippen LogP contribution in [-0.2, 0) is 14.8 Å². The molecule has 1 heterocycles. The number of ether oxygens (including phenoxy) is 1. The molecule has 0 amide bonds. The van der Waals surface area contributed by atoms with Gasteiger partial charge in [0.1, 0.15) is 4.90 Å². The maximum Gasteiger partial charge on any atom is 0.245 e. The largest absolute Gasteiger partial charge is 0.398 e. The summed E-state index contributed by atoms with van der Waals surface area (Å²) in [6.07, 6.45) is 2.62. The number of nitrogen functional groups attached to an aromatic ring is 1. The number of halogens is 1. The summed E-state index contributed by atoms with van der Waals surface area (Å²) in [4.78, 5) is 0.160. The van der Waals surface area contributed by atoms with Gasteiger partial charge in [0, 0.05) is 24.2 Å². The lowest BCUT2D eigenvalue weighted by Crippen LogP contribution is -2.43. The van der Waals surface area contributed by atoms with Crippen molar-refractivity contribution < 1.29 is 13.2 Å². The van der Waals surface area contributed by atoms with E-state index in [9.17, 15) is 8.42 Å². The molecule has 2 N–H and O–H groups in total. The van der Waals surface area contributed by atoms with Gasteiger partial charge >= 0.3 is 0 Å². The quantitative estimate of drug-likeness (QED) is 0.801. The van der Waals surface area contributed by atoms with Gasteiger partial charge in [0.15, 0.2) is 0 Å². The molecule has 1 saturated heterocycles. The monoisotopic (exact) mass is 376 g/mol. The Morgan fingerprint density at radius 3 is 2.95 bits per heavy atom. The molecule has 0 saturated carbocycles. The normalized spacial score (nSPS) is 20.6. The molecule has 0 radical (unpaired) electrons. The van der Waals surface area contributed by atoms with Crippen LogP contribution in [0.25, 0.3) is 0 Å². The fraction of sp³-hybridized carbons (Fsp3) is 0.571. The molecule has 1 atom stereocenters. The van der Waals surface area contributed by atoms with Crippen molar-refractivity contribution in [2.75, 3.05) is 25.4 Å². The molecule has 1 aliphatic heterocycles. The molecular formula is C14H21BrN2O3S. The van der Waals surface area contributed by atoms with E-state index in [2.05, 4.69) is 15.9 Å². The second-order valence-corrected chi connectivity index (χ2v) is 8.00. The van der Waals surface area contributed by atoms with Gasteiger partial charge in [-0.2, -0.15) is 4.31 Å². The summed E-state index contributed by atoms with van der Waals surface area (Å²) in [7, 11) is -3.57. The molecule has 1 fully saturated rings. The summed E-state index contributed by atoms with van der Waals surface area (Å²) in [6, 6.07) is 4.89. The van der Waals surface area contributed by atoms with Gasteiger partial charge in [0.2, 0.25) is 10.0 Å². The van der Waals surface area contributed by atoms with Gasteiger partial charge in [-0.05, 0) is 37.5 Å². The van der Waals surface area contributed by atoms with Crippen molar-refractivity contribution in [2.45, 2.75) is 37.2 Å². The summed E-state index contributed by atoms with van der Waals surface area (Å²) in [5, 5.41) is 0. The molecule has 5 nitrogen and oxygen atoms in total. The Bertz CT molecular complexity index is 592. The highest BCUT2D eigenvalue weighted by Crippen LogP contribution is 2.28. The second kappa shape index (κ2) is 7.09. The average molecular weight is 377 g/mol. The van der Waals surface area contributed by atoms with E-state index in [-0.39, 0.29) is 16.7 Å². The van der Waals surface area contributed by atoms with Crippen molar-refractivity contribution in [3.63, 3.8) is 0 Å². The van der Waals surface area contributed by atoms with Crippen LogP contribution in [0.4, 0.5) is 5.69 Å². The summed E-state index contributed by atoms with van der Waals surface area (Å²) >= 11 is 3.30. The number of hydrogen-bond acceptors (Lipinski definition) is 4. The number of anilines is 1. The fourth-order valence-corrected chi connectivity index (χ4v) is 4.58. The number of benzene rings is 1. The van der Waals surface area contributed by atoms with Crippen LogP contribution >= 0.6 is 15.9 Å². The Morgan fingerprint density at radius 1 is 1.48 bits per heavy atom. The molecule has 1 unspecified atom stereocenters. The number of hydrogen-bond donors (Lipinski definition) is 1. The Labute approximate surface area is 134 Å². The van der Waals surface area contributed by atoms with Crippen molar-refractivity contribution in [2.24, 2.45) is 0 Å². The molecule has 21 heavy (non-hydrogen) atoms. The van der Waals surface area contributed by atoms with Gasteiger partial charge in [-0.3, -0.25) is 0 Å². The molecule has 0 aromatic heterocycles. The van der Waals surface area contributed by atoms with Crippen LogP contribution in [0.2, 0.25) is 0 Å². The van der Waals surface area contributed by atoms with E-state index >= 15 is 0 Å². The zero-order valence-electron chi connectivity index (χ0n) is 12.1. The highest BCUT2D eigenvalue weighted by Gasteiger charge is 2.31. The summed E-state index contributed by atoms with van der Waals surface area (Å²) in [5.41, 5.74) is 6.11. The van der Waals surface area contributed by atoms with Gasteiger partial charge in [0.05, 0.1) is 11.8 Å². The van der Waals surface area contributed by atoms with Crippen LogP contribution in [-0.4, -0.2) is 38.5 Å². The van der Waals surface area contributed by atoms with Gasteiger partial charge in [-0.15, -0.1) is 0 Å². The summed E-state index contributed by atoms with van der Waals surface area (Å²) in [5.74, 6) is 0. The molecule has 1 aromatic carbocycles. The van der Waals surface area contributed by atoms with Gasteiger partial charge in [0.25, 0.3) is 0 Å². The molecule has 0 spiro atoms. The Morgan fingerprint density at radius 2 is 2.24 bits per heavy atom. The third kappa shape index (κ3) is 3.97. The third-order valence-corrected chi connectivity index (χ3v) is 5.91. The van der Waals surface area contributed by atoms with E-state index in [1.54, 1.807) is 18.2 Å². The zero-order valence-corrected chi connectivity index (χ0v) is 14.5. The van der Waals surface area contributed by atoms with Crippen LogP contribution in [0.1, 0.15) is 26.2 Å². The SMILES string of the molecule is CCCOC1CCCN(S(=O)(=O)c2cc(Br)ccc2N)C1. The lowest BCUT2D eigenvalue weighted by atomic mass is 10.1. The fourth-order valence-electron chi connectivity index (χ4n) is 2.41.